The average molecular weight is 402 g/mol. The molecule has 28 heavy (non-hydrogen) atoms. The first-order chi connectivity index (χ1) is 13.6. The predicted octanol–water partition coefficient (Wildman–Crippen LogP) is 3.22. The van der Waals surface area contributed by atoms with Crippen molar-refractivity contribution in [3.8, 4) is 5.75 Å². The van der Waals surface area contributed by atoms with Gasteiger partial charge in [-0.3, -0.25) is 9.69 Å². The van der Waals surface area contributed by atoms with Crippen LogP contribution in [0.25, 0.3) is 0 Å². The molecular formula is C22H28ClN3O2. The molecule has 1 aliphatic rings. The van der Waals surface area contributed by atoms with Gasteiger partial charge in [-0.05, 0) is 49.2 Å². The lowest BCUT2D eigenvalue weighted by atomic mass is 10.1. The van der Waals surface area contributed by atoms with Crippen LogP contribution in [0.3, 0.4) is 0 Å². The Bertz CT molecular complexity index is 774. The number of benzene rings is 2. The highest BCUT2D eigenvalue weighted by molar-refractivity contribution is 6.30. The quantitative estimate of drug-likeness (QED) is 0.773. The van der Waals surface area contributed by atoms with E-state index < -0.39 is 0 Å². The molecule has 0 saturated carbocycles. The molecule has 1 fully saturated rings. The molecule has 0 unspecified atom stereocenters. The zero-order valence-corrected chi connectivity index (χ0v) is 17.3. The van der Waals surface area contributed by atoms with Gasteiger partial charge in [0.15, 0.2) is 0 Å². The topological polar surface area (TPSA) is 44.8 Å². The monoisotopic (exact) mass is 401 g/mol. The molecule has 1 atom stereocenters. The number of carbonyl (C=O) groups excluding carboxylic acids is 1. The Balaban J connectivity index is 1.42. The Morgan fingerprint density at radius 3 is 2.50 bits per heavy atom. The van der Waals surface area contributed by atoms with Crippen molar-refractivity contribution in [3.05, 3.63) is 59.1 Å². The third-order valence-electron chi connectivity index (χ3n) is 5.29. The fourth-order valence-electron chi connectivity index (χ4n) is 3.48. The van der Waals surface area contributed by atoms with Crippen molar-refractivity contribution in [1.29, 1.82) is 0 Å². The van der Waals surface area contributed by atoms with Gasteiger partial charge in [-0.1, -0.05) is 29.8 Å². The largest absolute Gasteiger partial charge is 0.497 e. The minimum Gasteiger partial charge on any atom is -0.497 e. The van der Waals surface area contributed by atoms with E-state index in [1.54, 1.807) is 7.11 Å². The molecule has 1 heterocycles. The van der Waals surface area contributed by atoms with Crippen molar-refractivity contribution >= 4 is 23.2 Å². The van der Waals surface area contributed by atoms with E-state index in [9.17, 15) is 4.79 Å². The van der Waals surface area contributed by atoms with Crippen molar-refractivity contribution in [2.45, 2.75) is 19.4 Å². The van der Waals surface area contributed by atoms with Crippen LogP contribution in [0, 0.1) is 0 Å². The molecule has 2 aromatic carbocycles. The smallest absolute Gasteiger partial charge is 0.237 e. The molecular weight excluding hydrogens is 374 g/mol. The van der Waals surface area contributed by atoms with Crippen molar-refractivity contribution < 1.29 is 9.53 Å². The number of anilines is 1. The molecule has 0 radical (unpaired) electrons. The van der Waals surface area contributed by atoms with Gasteiger partial charge < -0.3 is 15.0 Å². The van der Waals surface area contributed by atoms with Crippen LogP contribution in [0.4, 0.5) is 5.69 Å². The maximum atomic E-state index is 12.5. The summed E-state index contributed by atoms with van der Waals surface area (Å²) in [6.45, 7) is 6.13. The second kappa shape index (κ2) is 9.80. The van der Waals surface area contributed by atoms with E-state index >= 15 is 0 Å². The zero-order chi connectivity index (χ0) is 19.9. The highest BCUT2D eigenvalue weighted by atomic mass is 35.5. The Kier molecular flexibility index (Phi) is 7.18. The van der Waals surface area contributed by atoms with Crippen LogP contribution in [0.5, 0.6) is 5.75 Å². The minimum atomic E-state index is -0.127. The normalized spacial score (nSPS) is 15.9. The summed E-state index contributed by atoms with van der Waals surface area (Å²) < 4.78 is 5.17. The molecule has 3 rings (SSSR count). The molecule has 0 bridgehead atoms. The van der Waals surface area contributed by atoms with Crippen LogP contribution >= 0.6 is 11.6 Å². The molecule has 150 valence electrons. The van der Waals surface area contributed by atoms with Gasteiger partial charge >= 0.3 is 0 Å². The first-order valence-corrected chi connectivity index (χ1v) is 10.1. The summed E-state index contributed by atoms with van der Waals surface area (Å²) in [6.07, 6.45) is 0.811. The molecule has 1 amide bonds. The van der Waals surface area contributed by atoms with Crippen LogP contribution in [0.2, 0.25) is 5.02 Å². The van der Waals surface area contributed by atoms with Gasteiger partial charge in [0.2, 0.25) is 5.91 Å². The number of ether oxygens (including phenoxy) is 1. The number of halogens is 1. The predicted molar refractivity (Wildman–Crippen MR) is 114 cm³/mol. The van der Waals surface area contributed by atoms with E-state index in [4.69, 9.17) is 16.3 Å². The number of piperazine rings is 1. The molecule has 1 aliphatic heterocycles. The zero-order valence-electron chi connectivity index (χ0n) is 16.5. The third-order valence-corrected chi connectivity index (χ3v) is 5.52. The summed E-state index contributed by atoms with van der Waals surface area (Å²) in [6, 6.07) is 15.8. The van der Waals surface area contributed by atoms with E-state index in [0.29, 0.717) is 6.54 Å². The summed E-state index contributed by atoms with van der Waals surface area (Å²) >= 11 is 6.10. The van der Waals surface area contributed by atoms with Crippen LogP contribution in [0.1, 0.15) is 12.5 Å². The highest BCUT2D eigenvalue weighted by Crippen LogP contribution is 2.21. The third kappa shape index (κ3) is 5.40. The number of hydrogen-bond acceptors (Lipinski definition) is 4. The van der Waals surface area contributed by atoms with Crippen LogP contribution in [-0.2, 0) is 11.2 Å². The summed E-state index contributed by atoms with van der Waals surface area (Å²) in [5.41, 5.74) is 2.33. The van der Waals surface area contributed by atoms with Gasteiger partial charge in [0, 0.05) is 43.4 Å². The Morgan fingerprint density at radius 2 is 1.86 bits per heavy atom. The first-order valence-electron chi connectivity index (χ1n) is 9.72. The molecule has 5 nitrogen and oxygen atoms in total. The van der Waals surface area contributed by atoms with E-state index in [0.717, 1.165) is 49.1 Å². The lowest BCUT2D eigenvalue weighted by Gasteiger charge is -2.38. The number of carbonyl (C=O) groups is 1. The first kappa shape index (κ1) is 20.5. The summed E-state index contributed by atoms with van der Waals surface area (Å²) in [5.74, 6) is 0.933. The fourth-order valence-corrected chi connectivity index (χ4v) is 3.66. The molecule has 1 saturated heterocycles. The van der Waals surface area contributed by atoms with Gasteiger partial charge in [0.1, 0.15) is 5.75 Å². The van der Waals surface area contributed by atoms with Crippen molar-refractivity contribution in [2.24, 2.45) is 0 Å². The molecule has 2 aromatic rings. The van der Waals surface area contributed by atoms with Gasteiger partial charge in [-0.2, -0.15) is 0 Å². The van der Waals surface area contributed by atoms with Crippen molar-refractivity contribution in [1.82, 2.24) is 10.2 Å². The lowest BCUT2D eigenvalue weighted by Crippen LogP contribution is -2.54. The average Bonchev–Trinajstić information content (AvgIpc) is 2.73. The molecule has 0 aromatic heterocycles. The van der Waals surface area contributed by atoms with E-state index in [-0.39, 0.29) is 11.9 Å². The maximum absolute atomic E-state index is 12.5. The number of hydrogen-bond donors (Lipinski definition) is 1. The van der Waals surface area contributed by atoms with Crippen molar-refractivity contribution in [3.63, 3.8) is 0 Å². The fraction of sp³-hybridized carbons (Fsp3) is 0.409. The Hall–Kier alpha value is -2.24. The number of methoxy groups -OCH3 is 1. The van der Waals surface area contributed by atoms with E-state index in [2.05, 4.69) is 21.2 Å². The molecule has 1 N–H and O–H groups in total. The number of nitrogens with zero attached hydrogens (tertiary/aromatic N) is 2. The number of amides is 1. The van der Waals surface area contributed by atoms with Gasteiger partial charge in [-0.15, -0.1) is 0 Å². The Labute approximate surface area is 172 Å². The molecule has 6 heteroatoms. The lowest BCUT2D eigenvalue weighted by molar-refractivity contribution is -0.125. The highest BCUT2D eigenvalue weighted by Gasteiger charge is 2.25. The van der Waals surface area contributed by atoms with Gasteiger partial charge in [0.05, 0.1) is 13.2 Å². The SMILES string of the molecule is COc1ccc(CCNC(=O)[C@@H](C)N2CCN(c3cccc(Cl)c3)CC2)cc1. The van der Waals surface area contributed by atoms with Crippen molar-refractivity contribution in [2.75, 3.05) is 44.7 Å². The van der Waals surface area contributed by atoms with E-state index in [1.165, 1.54) is 5.56 Å². The molecule has 0 aliphatic carbocycles. The second-order valence-corrected chi connectivity index (χ2v) is 7.50. The minimum absolute atomic E-state index is 0.0877. The standard InChI is InChI=1S/C22H28ClN3O2/c1-17(22(27)24-11-10-18-6-8-21(28-2)9-7-18)25-12-14-26(15-13-25)20-5-3-4-19(23)16-20/h3-9,16-17H,10-15H2,1-2H3,(H,24,27)/t17-/m1/s1. The van der Waals surface area contributed by atoms with Crippen LogP contribution in [-0.4, -0.2) is 56.7 Å². The van der Waals surface area contributed by atoms with Crippen LogP contribution < -0.4 is 15.0 Å². The van der Waals surface area contributed by atoms with Crippen LogP contribution in [0.15, 0.2) is 48.5 Å². The van der Waals surface area contributed by atoms with Gasteiger partial charge in [-0.25, -0.2) is 0 Å². The maximum Gasteiger partial charge on any atom is 0.237 e. The summed E-state index contributed by atoms with van der Waals surface area (Å²) in [5, 5.41) is 3.82. The van der Waals surface area contributed by atoms with Gasteiger partial charge in [0.25, 0.3) is 0 Å². The number of rotatable bonds is 7. The Morgan fingerprint density at radius 1 is 1.14 bits per heavy atom. The second-order valence-electron chi connectivity index (χ2n) is 7.07. The number of nitrogens with one attached hydrogen (secondary N) is 1. The molecule has 0 spiro atoms. The summed E-state index contributed by atoms with van der Waals surface area (Å²) in [4.78, 5) is 17.1. The summed E-state index contributed by atoms with van der Waals surface area (Å²) in [7, 11) is 1.66. The van der Waals surface area contributed by atoms with E-state index in [1.807, 2.05) is 49.4 Å².